The highest BCUT2D eigenvalue weighted by molar-refractivity contribution is 7.17. The third kappa shape index (κ3) is 1.45. The minimum atomic E-state index is 0.847. The number of thiophene rings is 1. The van der Waals surface area contributed by atoms with Crippen molar-refractivity contribution in [1.82, 2.24) is 14.6 Å². The summed E-state index contributed by atoms with van der Waals surface area (Å²) in [6.45, 7) is 2.06. The van der Waals surface area contributed by atoms with Gasteiger partial charge in [0.25, 0.3) is 0 Å². The molecule has 0 unspecified atom stereocenters. The average Bonchev–Trinajstić information content (AvgIpc) is 2.90. The summed E-state index contributed by atoms with van der Waals surface area (Å²) < 4.78 is 2.96. The van der Waals surface area contributed by atoms with Gasteiger partial charge in [-0.2, -0.15) is 0 Å². The summed E-state index contributed by atoms with van der Waals surface area (Å²) in [5, 5.41) is 2.10. The summed E-state index contributed by atoms with van der Waals surface area (Å²) in [4.78, 5) is 8.54. The minimum Gasteiger partial charge on any atom is -0.277 e. The fraction of sp³-hybridized carbons (Fsp3) is 0.0909. The van der Waals surface area contributed by atoms with E-state index in [0.29, 0.717) is 0 Å². The maximum Gasteiger partial charge on any atom is 0.166 e. The molecule has 0 fully saturated rings. The molecule has 3 rings (SSSR count). The number of aryl methyl sites for hydroxylation is 1. The highest BCUT2D eigenvalue weighted by Crippen LogP contribution is 2.28. The molecule has 0 saturated heterocycles. The normalized spacial score (nSPS) is 10.8. The Labute approximate surface area is 96.6 Å². The van der Waals surface area contributed by atoms with Crippen LogP contribution in [0.5, 0.6) is 0 Å². The van der Waals surface area contributed by atoms with Crippen molar-refractivity contribution in [3.05, 3.63) is 41.8 Å². The van der Waals surface area contributed by atoms with Gasteiger partial charge < -0.3 is 0 Å². The zero-order valence-electron chi connectivity index (χ0n) is 8.71. The molecular formula is C11H10N4S. The number of nitrogens with one attached hydrogen (secondary N) is 1. The summed E-state index contributed by atoms with van der Waals surface area (Å²) in [5.41, 5.74) is 5.43. The number of hydrogen-bond acceptors (Lipinski definition) is 4. The summed E-state index contributed by atoms with van der Waals surface area (Å²) in [5.74, 6) is 0.847. The first-order valence-electron chi connectivity index (χ1n) is 4.93. The second kappa shape index (κ2) is 3.61. The molecule has 0 spiro atoms. The minimum absolute atomic E-state index is 0.847. The van der Waals surface area contributed by atoms with Gasteiger partial charge in [-0.15, -0.1) is 11.3 Å². The Balaban J connectivity index is 2.10. The Morgan fingerprint density at radius 2 is 2.06 bits per heavy atom. The molecule has 3 aromatic rings. The molecule has 4 nitrogen and oxygen atoms in total. The SMILES string of the molecule is Cc1csc2c(Nn3cccc3)ncnc12. The van der Waals surface area contributed by atoms with Crippen LogP contribution in [0, 0.1) is 6.92 Å². The molecule has 5 heteroatoms. The van der Waals surface area contributed by atoms with Crippen molar-refractivity contribution in [2.24, 2.45) is 0 Å². The molecule has 0 amide bonds. The Kier molecular flexibility index (Phi) is 2.11. The highest BCUT2D eigenvalue weighted by Gasteiger charge is 2.07. The van der Waals surface area contributed by atoms with Crippen molar-refractivity contribution in [3.63, 3.8) is 0 Å². The van der Waals surface area contributed by atoms with Crippen LogP contribution in [-0.2, 0) is 0 Å². The number of hydrogen-bond donors (Lipinski definition) is 1. The van der Waals surface area contributed by atoms with E-state index in [-0.39, 0.29) is 0 Å². The lowest BCUT2D eigenvalue weighted by Gasteiger charge is -2.06. The first kappa shape index (κ1) is 9.35. The van der Waals surface area contributed by atoms with Crippen molar-refractivity contribution < 1.29 is 0 Å². The molecule has 0 atom stereocenters. The van der Waals surface area contributed by atoms with E-state index >= 15 is 0 Å². The molecule has 1 N–H and O–H groups in total. The molecule has 0 saturated carbocycles. The van der Waals surface area contributed by atoms with Crippen molar-refractivity contribution in [1.29, 1.82) is 0 Å². The highest BCUT2D eigenvalue weighted by atomic mass is 32.1. The van der Waals surface area contributed by atoms with Crippen molar-refractivity contribution in [2.45, 2.75) is 6.92 Å². The summed E-state index contributed by atoms with van der Waals surface area (Å²) >= 11 is 1.66. The largest absolute Gasteiger partial charge is 0.277 e. The number of aromatic nitrogens is 3. The quantitative estimate of drug-likeness (QED) is 0.736. The smallest absolute Gasteiger partial charge is 0.166 e. The van der Waals surface area contributed by atoms with E-state index in [1.807, 2.05) is 29.2 Å². The van der Waals surface area contributed by atoms with Crippen LogP contribution < -0.4 is 5.43 Å². The van der Waals surface area contributed by atoms with E-state index in [0.717, 1.165) is 16.0 Å². The van der Waals surface area contributed by atoms with Crippen molar-refractivity contribution in [2.75, 3.05) is 5.43 Å². The molecule has 0 aliphatic carbocycles. The third-order valence-corrected chi connectivity index (χ3v) is 3.46. The fourth-order valence-electron chi connectivity index (χ4n) is 1.58. The summed E-state index contributed by atoms with van der Waals surface area (Å²) in [6.07, 6.45) is 5.47. The lowest BCUT2D eigenvalue weighted by molar-refractivity contribution is 0.955. The van der Waals surface area contributed by atoms with E-state index in [1.165, 1.54) is 5.56 Å². The van der Waals surface area contributed by atoms with Crippen molar-refractivity contribution >= 4 is 27.4 Å². The van der Waals surface area contributed by atoms with Gasteiger partial charge in [0.2, 0.25) is 0 Å². The zero-order chi connectivity index (χ0) is 11.0. The van der Waals surface area contributed by atoms with Gasteiger partial charge in [-0.25, -0.2) is 9.97 Å². The number of fused-ring (bicyclic) bond motifs is 1. The first-order valence-corrected chi connectivity index (χ1v) is 5.81. The Bertz CT molecular complexity index is 612. The van der Waals surface area contributed by atoms with Gasteiger partial charge in [0, 0.05) is 12.4 Å². The van der Waals surface area contributed by atoms with Crippen LogP contribution in [0.2, 0.25) is 0 Å². The Morgan fingerprint density at radius 1 is 1.25 bits per heavy atom. The molecule has 0 radical (unpaired) electrons. The molecule has 16 heavy (non-hydrogen) atoms. The van der Waals surface area contributed by atoms with E-state index in [2.05, 4.69) is 27.7 Å². The number of nitrogens with zero attached hydrogens (tertiary/aromatic N) is 3. The molecule has 80 valence electrons. The molecule has 3 heterocycles. The topological polar surface area (TPSA) is 42.7 Å². The van der Waals surface area contributed by atoms with Crippen LogP contribution in [0.3, 0.4) is 0 Å². The van der Waals surface area contributed by atoms with Gasteiger partial charge in [0.1, 0.15) is 6.33 Å². The van der Waals surface area contributed by atoms with Crippen LogP contribution in [0.1, 0.15) is 5.56 Å². The van der Waals surface area contributed by atoms with Gasteiger partial charge in [-0.3, -0.25) is 10.1 Å². The van der Waals surface area contributed by atoms with Crippen LogP contribution >= 0.6 is 11.3 Å². The van der Waals surface area contributed by atoms with Gasteiger partial charge in [-0.05, 0) is 30.0 Å². The van der Waals surface area contributed by atoms with Crippen LogP contribution in [-0.4, -0.2) is 14.6 Å². The van der Waals surface area contributed by atoms with Gasteiger partial charge in [-0.1, -0.05) is 0 Å². The van der Waals surface area contributed by atoms with E-state index < -0.39 is 0 Å². The van der Waals surface area contributed by atoms with Gasteiger partial charge in [0.05, 0.1) is 10.2 Å². The second-order valence-corrected chi connectivity index (χ2v) is 4.40. The molecular weight excluding hydrogens is 220 g/mol. The molecule has 3 aromatic heterocycles. The monoisotopic (exact) mass is 230 g/mol. The second-order valence-electron chi connectivity index (χ2n) is 3.52. The summed E-state index contributed by atoms with van der Waals surface area (Å²) in [6, 6.07) is 3.93. The van der Waals surface area contributed by atoms with Crippen molar-refractivity contribution in [3.8, 4) is 0 Å². The fourth-order valence-corrected chi connectivity index (χ4v) is 2.52. The maximum absolute atomic E-state index is 4.28. The molecule has 0 aromatic carbocycles. The van der Waals surface area contributed by atoms with Crippen LogP contribution in [0.4, 0.5) is 5.82 Å². The molecule has 0 bridgehead atoms. The van der Waals surface area contributed by atoms with Crippen LogP contribution in [0.15, 0.2) is 36.2 Å². The molecule has 0 aliphatic heterocycles. The number of rotatable bonds is 2. The predicted octanol–water partition coefficient (Wildman–Crippen LogP) is 2.68. The van der Waals surface area contributed by atoms with E-state index in [4.69, 9.17) is 0 Å². The lowest BCUT2D eigenvalue weighted by Crippen LogP contribution is -2.07. The maximum atomic E-state index is 4.28. The summed E-state index contributed by atoms with van der Waals surface area (Å²) in [7, 11) is 0. The first-order chi connectivity index (χ1) is 7.84. The third-order valence-electron chi connectivity index (χ3n) is 2.37. The average molecular weight is 230 g/mol. The Hall–Kier alpha value is -1.88. The van der Waals surface area contributed by atoms with E-state index in [1.54, 1.807) is 17.7 Å². The van der Waals surface area contributed by atoms with Gasteiger partial charge >= 0.3 is 0 Å². The number of anilines is 1. The standard InChI is InChI=1S/C11H10N4S/c1-8-6-16-10-9(8)12-7-13-11(10)14-15-4-2-3-5-15/h2-7H,1H3,(H,12,13,14). The van der Waals surface area contributed by atoms with E-state index in [9.17, 15) is 0 Å². The zero-order valence-corrected chi connectivity index (χ0v) is 9.53. The van der Waals surface area contributed by atoms with Crippen LogP contribution in [0.25, 0.3) is 10.2 Å². The predicted molar refractivity (Wildman–Crippen MR) is 65.6 cm³/mol. The Morgan fingerprint density at radius 3 is 2.88 bits per heavy atom. The molecule has 0 aliphatic rings. The van der Waals surface area contributed by atoms with Gasteiger partial charge in [0.15, 0.2) is 5.82 Å². The lowest BCUT2D eigenvalue weighted by atomic mass is 10.3.